The van der Waals surface area contributed by atoms with Gasteiger partial charge in [0.05, 0.1) is 18.6 Å². The van der Waals surface area contributed by atoms with Gasteiger partial charge in [0.1, 0.15) is 16.6 Å². The number of carbonyl (C=O) groups is 1. The minimum absolute atomic E-state index is 0.0379. The van der Waals surface area contributed by atoms with Gasteiger partial charge in [-0.15, -0.1) is 0 Å². The summed E-state index contributed by atoms with van der Waals surface area (Å²) in [6.07, 6.45) is 0.783. The lowest BCUT2D eigenvalue weighted by Gasteiger charge is -2.05. The van der Waals surface area contributed by atoms with Crippen LogP contribution in [0.1, 0.15) is 6.42 Å². The van der Waals surface area contributed by atoms with E-state index in [9.17, 15) is 4.79 Å². The van der Waals surface area contributed by atoms with Crippen LogP contribution in [0.25, 0.3) is 22.6 Å². The number of hydrogen-bond acceptors (Lipinski definition) is 5. The number of ether oxygens (including phenoxy) is 2. The fourth-order valence-electron chi connectivity index (χ4n) is 2.81. The molecule has 0 bridgehead atoms. The van der Waals surface area contributed by atoms with E-state index in [0.29, 0.717) is 24.0 Å². The van der Waals surface area contributed by atoms with Crippen molar-refractivity contribution in [3.63, 3.8) is 0 Å². The van der Waals surface area contributed by atoms with Gasteiger partial charge in [0, 0.05) is 36.4 Å². The van der Waals surface area contributed by atoms with Crippen molar-refractivity contribution < 1.29 is 14.3 Å². The Labute approximate surface area is 185 Å². The second kappa shape index (κ2) is 11.1. The second-order valence-corrected chi connectivity index (χ2v) is 7.89. The van der Waals surface area contributed by atoms with Crippen LogP contribution in [0.5, 0.6) is 5.75 Å². The number of imidazole rings is 1. The molecule has 3 rings (SSSR count). The van der Waals surface area contributed by atoms with Crippen LogP contribution in [0, 0.1) is 0 Å². The van der Waals surface area contributed by atoms with Crippen molar-refractivity contribution in [2.75, 3.05) is 33.1 Å². The molecule has 0 fully saturated rings. The fourth-order valence-corrected chi connectivity index (χ4v) is 3.78. The highest BCUT2D eigenvalue weighted by atomic mass is 35.5. The lowest BCUT2D eigenvalue weighted by Crippen LogP contribution is -2.26. The summed E-state index contributed by atoms with van der Waals surface area (Å²) in [5.41, 5.74) is 2.70. The van der Waals surface area contributed by atoms with E-state index < -0.39 is 0 Å². The molecule has 0 spiro atoms. The van der Waals surface area contributed by atoms with Crippen LogP contribution in [0.15, 0.2) is 53.6 Å². The van der Waals surface area contributed by atoms with Gasteiger partial charge in [0.25, 0.3) is 0 Å². The topological polar surface area (TPSA) is 76.2 Å². The molecule has 1 aromatic heterocycles. The molecule has 0 saturated heterocycles. The van der Waals surface area contributed by atoms with Gasteiger partial charge in [-0.1, -0.05) is 47.6 Å². The number of rotatable bonds is 10. The molecule has 3 aromatic rings. The lowest BCUT2D eigenvalue weighted by atomic mass is 10.2. The summed E-state index contributed by atoms with van der Waals surface area (Å²) in [6, 6.07) is 15.2. The SMILES string of the molecule is COCCCNC(=O)CSc1nc(-c2cccc(OC)c2)[nH]c1-c1ccc(Cl)cc1. The fraction of sp³-hybridized carbons (Fsp3) is 0.273. The highest BCUT2D eigenvalue weighted by Crippen LogP contribution is 2.33. The molecule has 0 saturated carbocycles. The van der Waals surface area contributed by atoms with Crippen LogP contribution in [0.3, 0.4) is 0 Å². The molecule has 0 atom stereocenters. The van der Waals surface area contributed by atoms with E-state index in [4.69, 9.17) is 26.1 Å². The zero-order chi connectivity index (χ0) is 21.3. The van der Waals surface area contributed by atoms with Gasteiger partial charge in [-0.3, -0.25) is 4.79 Å². The van der Waals surface area contributed by atoms with Gasteiger partial charge in [-0.2, -0.15) is 0 Å². The smallest absolute Gasteiger partial charge is 0.230 e. The van der Waals surface area contributed by atoms with Crippen LogP contribution in [0.4, 0.5) is 0 Å². The van der Waals surface area contributed by atoms with E-state index in [1.54, 1.807) is 14.2 Å². The first-order valence-corrected chi connectivity index (χ1v) is 10.9. The average Bonchev–Trinajstić information content (AvgIpc) is 3.20. The molecule has 1 heterocycles. The van der Waals surface area contributed by atoms with Crippen LogP contribution in [-0.2, 0) is 9.53 Å². The van der Waals surface area contributed by atoms with E-state index >= 15 is 0 Å². The number of methoxy groups -OCH3 is 2. The number of halogens is 1. The molecule has 1 amide bonds. The summed E-state index contributed by atoms with van der Waals surface area (Å²) in [5, 5.41) is 4.31. The maximum atomic E-state index is 12.2. The van der Waals surface area contributed by atoms with Gasteiger partial charge in [-0.25, -0.2) is 4.98 Å². The zero-order valence-corrected chi connectivity index (χ0v) is 18.5. The molecule has 2 N–H and O–H groups in total. The summed E-state index contributed by atoms with van der Waals surface area (Å²) >= 11 is 7.43. The molecule has 0 aliphatic heterocycles. The first kappa shape index (κ1) is 22.2. The molecule has 6 nitrogen and oxygen atoms in total. The molecular weight excluding hydrogens is 422 g/mol. The Morgan fingerprint density at radius 1 is 1.17 bits per heavy atom. The van der Waals surface area contributed by atoms with E-state index in [1.165, 1.54) is 11.8 Å². The van der Waals surface area contributed by atoms with Gasteiger partial charge >= 0.3 is 0 Å². The van der Waals surface area contributed by atoms with Crippen LogP contribution < -0.4 is 10.1 Å². The molecule has 0 aliphatic rings. The molecule has 30 heavy (non-hydrogen) atoms. The highest BCUT2D eigenvalue weighted by molar-refractivity contribution is 8.00. The molecule has 2 aromatic carbocycles. The minimum atomic E-state index is -0.0379. The molecule has 0 radical (unpaired) electrons. The number of hydrogen-bond donors (Lipinski definition) is 2. The Kier molecular flexibility index (Phi) is 8.19. The Morgan fingerprint density at radius 3 is 2.70 bits per heavy atom. The highest BCUT2D eigenvalue weighted by Gasteiger charge is 2.16. The minimum Gasteiger partial charge on any atom is -0.497 e. The first-order valence-electron chi connectivity index (χ1n) is 9.49. The molecule has 0 aliphatic carbocycles. The Bertz CT molecular complexity index is 976. The van der Waals surface area contributed by atoms with E-state index in [2.05, 4.69) is 10.3 Å². The third-order valence-corrected chi connectivity index (χ3v) is 5.56. The third-order valence-electron chi connectivity index (χ3n) is 4.33. The van der Waals surface area contributed by atoms with Crippen LogP contribution in [-0.4, -0.2) is 49.0 Å². The second-order valence-electron chi connectivity index (χ2n) is 6.49. The Balaban J connectivity index is 1.81. The first-order chi connectivity index (χ1) is 14.6. The van der Waals surface area contributed by atoms with Crippen molar-refractivity contribution >= 4 is 29.3 Å². The monoisotopic (exact) mass is 445 g/mol. The summed E-state index contributed by atoms with van der Waals surface area (Å²) < 4.78 is 10.3. The number of nitrogens with zero attached hydrogens (tertiary/aromatic N) is 1. The van der Waals surface area contributed by atoms with Gasteiger partial charge in [-0.05, 0) is 30.7 Å². The maximum Gasteiger partial charge on any atom is 0.230 e. The predicted molar refractivity (Wildman–Crippen MR) is 121 cm³/mol. The normalized spacial score (nSPS) is 10.8. The predicted octanol–water partition coefficient (Wildman–Crippen LogP) is 4.65. The van der Waals surface area contributed by atoms with Gasteiger partial charge < -0.3 is 19.8 Å². The third kappa shape index (κ3) is 6.01. The van der Waals surface area contributed by atoms with Crippen LogP contribution in [0.2, 0.25) is 5.02 Å². The number of amides is 1. The summed E-state index contributed by atoms with van der Waals surface area (Å²) in [4.78, 5) is 20.3. The molecule has 8 heteroatoms. The van der Waals surface area contributed by atoms with Crippen LogP contribution >= 0.6 is 23.4 Å². The number of carbonyl (C=O) groups excluding carboxylic acids is 1. The number of benzene rings is 2. The molecular formula is C22H24ClN3O3S. The summed E-state index contributed by atoms with van der Waals surface area (Å²) in [5.74, 6) is 1.70. The van der Waals surface area contributed by atoms with Crippen molar-refractivity contribution in [1.29, 1.82) is 0 Å². The number of aromatic nitrogens is 2. The Morgan fingerprint density at radius 2 is 1.97 bits per heavy atom. The van der Waals surface area contributed by atoms with E-state index in [-0.39, 0.29) is 11.7 Å². The summed E-state index contributed by atoms with van der Waals surface area (Å²) in [6.45, 7) is 1.21. The van der Waals surface area contributed by atoms with Crippen molar-refractivity contribution in [2.24, 2.45) is 0 Å². The maximum absolute atomic E-state index is 12.2. The van der Waals surface area contributed by atoms with Gasteiger partial charge in [0.2, 0.25) is 5.91 Å². The summed E-state index contributed by atoms with van der Waals surface area (Å²) in [7, 11) is 3.28. The van der Waals surface area contributed by atoms with E-state index in [0.717, 1.165) is 34.0 Å². The number of H-pyrrole nitrogens is 1. The van der Waals surface area contributed by atoms with Crippen molar-refractivity contribution in [3.05, 3.63) is 53.6 Å². The number of thioether (sulfide) groups is 1. The van der Waals surface area contributed by atoms with E-state index in [1.807, 2.05) is 48.5 Å². The van der Waals surface area contributed by atoms with Gasteiger partial charge in [0.15, 0.2) is 0 Å². The van der Waals surface area contributed by atoms with Crippen molar-refractivity contribution in [1.82, 2.24) is 15.3 Å². The van der Waals surface area contributed by atoms with Crippen molar-refractivity contribution in [3.8, 4) is 28.4 Å². The van der Waals surface area contributed by atoms with Crippen molar-refractivity contribution in [2.45, 2.75) is 11.4 Å². The Hall–Kier alpha value is -2.48. The quantitative estimate of drug-likeness (QED) is 0.351. The largest absolute Gasteiger partial charge is 0.497 e. The number of aromatic amines is 1. The standard InChI is InChI=1S/C22H24ClN3O3S/c1-28-12-4-11-24-19(27)14-30-22-20(15-7-9-17(23)10-8-15)25-21(26-22)16-5-3-6-18(13-16)29-2/h3,5-10,13H,4,11-12,14H2,1-2H3,(H,24,27)(H,25,26). The molecule has 158 valence electrons. The lowest BCUT2D eigenvalue weighted by molar-refractivity contribution is -0.118. The zero-order valence-electron chi connectivity index (χ0n) is 16.9. The average molecular weight is 446 g/mol. The number of nitrogens with one attached hydrogen (secondary N) is 2. The molecule has 0 unspecified atom stereocenters.